The Kier molecular flexibility index (Phi) is 2.08. The maximum absolute atomic E-state index is 10.4. The second-order valence-corrected chi connectivity index (χ2v) is 3.07. The Morgan fingerprint density at radius 1 is 1.40 bits per heavy atom. The van der Waals surface area contributed by atoms with Gasteiger partial charge in [-0.1, -0.05) is 0 Å². The van der Waals surface area contributed by atoms with Crippen LogP contribution in [0.5, 0.6) is 0 Å². The summed E-state index contributed by atoms with van der Waals surface area (Å²) >= 11 is 0. The fourth-order valence-electron chi connectivity index (χ4n) is 0.262. The molecule has 0 saturated heterocycles. The predicted octanol–water partition coefficient (Wildman–Crippen LogP) is -0.441. The number of carbonyl (C=O) groups is 1. The van der Waals surface area contributed by atoms with Gasteiger partial charge in [-0.2, -0.15) is 0 Å². The van der Waals surface area contributed by atoms with E-state index >= 15 is 0 Å². The van der Waals surface area contributed by atoms with Crippen molar-refractivity contribution in [2.75, 3.05) is 0 Å². The Bertz CT molecular complexity index is 146. The van der Waals surface area contributed by atoms with Crippen LogP contribution in [-0.4, -0.2) is 27.3 Å². The zero-order valence-corrected chi connectivity index (χ0v) is 6.38. The maximum Gasteiger partial charge on any atom is 0.326 e. The van der Waals surface area contributed by atoms with Crippen LogP contribution < -0.4 is 5.73 Å². The Morgan fingerprint density at radius 2 is 1.70 bits per heavy atom. The number of hydrogen-bond acceptors (Lipinski definition) is 3. The molecular formula is C6H13NO3. The highest BCUT2D eigenvalue weighted by atomic mass is 16.4. The number of aliphatic hydroxyl groups is 1. The molecule has 4 heteroatoms. The molecule has 0 spiro atoms. The van der Waals surface area contributed by atoms with Gasteiger partial charge in [0, 0.05) is 0 Å². The SMILES string of the molecule is CC(C)(O)[C@@](C)(N)C(=O)O. The fourth-order valence-corrected chi connectivity index (χ4v) is 0.262. The lowest BCUT2D eigenvalue weighted by molar-refractivity contribution is -0.151. The van der Waals surface area contributed by atoms with Gasteiger partial charge in [-0.15, -0.1) is 0 Å². The zero-order chi connectivity index (χ0) is 8.58. The van der Waals surface area contributed by atoms with E-state index < -0.39 is 17.1 Å². The van der Waals surface area contributed by atoms with Crippen LogP contribution in [0.2, 0.25) is 0 Å². The van der Waals surface area contributed by atoms with Crippen LogP contribution in [0.4, 0.5) is 0 Å². The minimum atomic E-state index is -1.59. The molecule has 0 aliphatic carbocycles. The molecule has 4 N–H and O–H groups in total. The number of rotatable bonds is 2. The van der Waals surface area contributed by atoms with E-state index in [0.717, 1.165) is 0 Å². The highest BCUT2D eigenvalue weighted by Crippen LogP contribution is 2.17. The van der Waals surface area contributed by atoms with Crippen LogP contribution in [0.1, 0.15) is 20.8 Å². The Hall–Kier alpha value is -0.610. The third-order valence-corrected chi connectivity index (χ3v) is 1.72. The lowest BCUT2D eigenvalue weighted by Crippen LogP contribution is -2.60. The Morgan fingerprint density at radius 3 is 1.70 bits per heavy atom. The topological polar surface area (TPSA) is 83.5 Å². The van der Waals surface area contributed by atoms with Crippen LogP contribution >= 0.6 is 0 Å². The maximum atomic E-state index is 10.4. The smallest absolute Gasteiger partial charge is 0.326 e. The highest BCUT2D eigenvalue weighted by molar-refractivity contribution is 5.79. The minimum Gasteiger partial charge on any atom is -0.480 e. The first kappa shape index (κ1) is 9.39. The summed E-state index contributed by atoms with van der Waals surface area (Å²) in [6.45, 7) is 4.00. The van der Waals surface area contributed by atoms with Crippen molar-refractivity contribution in [3.8, 4) is 0 Å². The second-order valence-electron chi connectivity index (χ2n) is 3.07. The Labute approximate surface area is 59.7 Å². The molecule has 0 fully saturated rings. The first-order valence-corrected chi connectivity index (χ1v) is 2.94. The number of hydrogen-bond donors (Lipinski definition) is 3. The standard InChI is InChI=1S/C6H13NO3/c1-5(2,10)6(3,7)4(8)9/h10H,7H2,1-3H3,(H,8,9)/t6-/m0/s1. The van der Waals surface area contributed by atoms with Gasteiger partial charge in [0.15, 0.2) is 0 Å². The largest absolute Gasteiger partial charge is 0.480 e. The monoisotopic (exact) mass is 147 g/mol. The summed E-state index contributed by atoms with van der Waals surface area (Å²) in [6.07, 6.45) is 0. The normalized spacial score (nSPS) is 18.1. The van der Waals surface area contributed by atoms with Crippen LogP contribution in [0.15, 0.2) is 0 Å². The van der Waals surface area contributed by atoms with Crippen molar-refractivity contribution in [1.82, 2.24) is 0 Å². The van der Waals surface area contributed by atoms with Crippen LogP contribution in [0.3, 0.4) is 0 Å². The Balaban J connectivity index is 4.57. The number of carboxylic acid groups (broad SMARTS) is 1. The first-order valence-electron chi connectivity index (χ1n) is 2.94. The van der Waals surface area contributed by atoms with Crippen molar-refractivity contribution >= 4 is 5.97 Å². The van der Waals surface area contributed by atoms with E-state index in [-0.39, 0.29) is 0 Å². The zero-order valence-electron chi connectivity index (χ0n) is 6.38. The molecule has 0 heterocycles. The van der Waals surface area contributed by atoms with Gasteiger partial charge in [-0.05, 0) is 20.8 Å². The average molecular weight is 147 g/mol. The summed E-state index contributed by atoms with van der Waals surface area (Å²) < 4.78 is 0. The number of nitrogens with two attached hydrogens (primary N) is 1. The molecule has 0 aliphatic rings. The van der Waals surface area contributed by atoms with Gasteiger partial charge in [0.2, 0.25) is 0 Å². The molecule has 4 nitrogen and oxygen atoms in total. The van der Waals surface area contributed by atoms with Gasteiger partial charge >= 0.3 is 5.97 Å². The average Bonchev–Trinajstić information content (AvgIpc) is 1.62. The van der Waals surface area contributed by atoms with Gasteiger partial charge < -0.3 is 15.9 Å². The van der Waals surface area contributed by atoms with Crippen molar-refractivity contribution < 1.29 is 15.0 Å². The molecule has 0 aromatic carbocycles. The van der Waals surface area contributed by atoms with Gasteiger partial charge in [0.25, 0.3) is 0 Å². The molecule has 0 bridgehead atoms. The summed E-state index contributed by atoms with van der Waals surface area (Å²) in [5.41, 5.74) is 2.29. The van der Waals surface area contributed by atoms with Gasteiger partial charge in [0.1, 0.15) is 5.54 Å². The number of carboxylic acids is 1. The highest BCUT2D eigenvalue weighted by Gasteiger charge is 2.42. The minimum absolute atomic E-state index is 1.21. The summed E-state index contributed by atoms with van der Waals surface area (Å²) in [7, 11) is 0. The molecule has 0 unspecified atom stereocenters. The van der Waals surface area contributed by atoms with E-state index in [2.05, 4.69) is 0 Å². The summed E-state index contributed by atoms with van der Waals surface area (Å²) in [6, 6.07) is 0. The summed E-state index contributed by atoms with van der Waals surface area (Å²) in [5.74, 6) is -1.21. The lowest BCUT2D eigenvalue weighted by Gasteiger charge is -2.32. The molecule has 60 valence electrons. The van der Waals surface area contributed by atoms with Crippen molar-refractivity contribution in [1.29, 1.82) is 0 Å². The van der Waals surface area contributed by atoms with E-state index in [0.29, 0.717) is 0 Å². The van der Waals surface area contributed by atoms with Crippen LogP contribution in [0.25, 0.3) is 0 Å². The first-order chi connectivity index (χ1) is 4.19. The van der Waals surface area contributed by atoms with Crippen molar-refractivity contribution in [3.05, 3.63) is 0 Å². The van der Waals surface area contributed by atoms with E-state index in [4.69, 9.17) is 10.8 Å². The van der Waals surface area contributed by atoms with E-state index in [9.17, 15) is 9.90 Å². The van der Waals surface area contributed by atoms with Crippen LogP contribution in [-0.2, 0) is 4.79 Å². The van der Waals surface area contributed by atoms with Gasteiger partial charge in [-0.25, -0.2) is 0 Å². The molecule has 0 aromatic heterocycles. The van der Waals surface area contributed by atoms with Crippen molar-refractivity contribution in [2.24, 2.45) is 5.73 Å². The molecule has 0 rings (SSSR count). The molecule has 0 amide bonds. The second kappa shape index (κ2) is 2.21. The van der Waals surface area contributed by atoms with Crippen molar-refractivity contribution in [3.63, 3.8) is 0 Å². The van der Waals surface area contributed by atoms with E-state index in [1.54, 1.807) is 0 Å². The predicted molar refractivity (Wildman–Crippen MR) is 36.5 cm³/mol. The summed E-state index contributed by atoms with van der Waals surface area (Å²) in [5, 5.41) is 17.7. The third-order valence-electron chi connectivity index (χ3n) is 1.72. The molecule has 0 radical (unpaired) electrons. The van der Waals surface area contributed by atoms with E-state index in [1.807, 2.05) is 0 Å². The molecule has 0 aromatic rings. The molecule has 10 heavy (non-hydrogen) atoms. The quantitative estimate of drug-likeness (QED) is 0.494. The molecule has 0 aliphatic heterocycles. The van der Waals surface area contributed by atoms with Gasteiger partial charge in [-0.3, -0.25) is 4.79 Å². The lowest BCUT2D eigenvalue weighted by atomic mass is 9.85. The van der Waals surface area contributed by atoms with Crippen LogP contribution in [0, 0.1) is 0 Å². The van der Waals surface area contributed by atoms with Gasteiger partial charge in [0.05, 0.1) is 5.60 Å². The third kappa shape index (κ3) is 1.46. The molecule has 1 atom stereocenters. The van der Waals surface area contributed by atoms with Crippen molar-refractivity contribution in [2.45, 2.75) is 31.9 Å². The van der Waals surface area contributed by atoms with E-state index in [1.165, 1.54) is 20.8 Å². The molecular weight excluding hydrogens is 134 g/mol. The molecule has 0 saturated carbocycles. The summed E-state index contributed by atoms with van der Waals surface area (Å²) in [4.78, 5) is 10.4. The number of aliphatic carboxylic acids is 1. The fraction of sp³-hybridized carbons (Fsp3) is 0.833.